The number of amides is 1. The average molecular weight is 333 g/mol. The molecule has 0 spiro atoms. The van der Waals surface area contributed by atoms with Crippen LogP contribution >= 0.6 is 15.9 Å². The number of ether oxygens (including phenoxy) is 2. The second-order valence-electron chi connectivity index (χ2n) is 2.88. The molecule has 0 aliphatic rings. The maximum Gasteiger partial charge on any atom is 0.421 e. The molecule has 2 N–H and O–H groups in total. The van der Waals surface area contributed by atoms with Crippen LogP contribution in [-0.2, 0) is 19.7 Å². The van der Waals surface area contributed by atoms with Gasteiger partial charge in [0.1, 0.15) is 0 Å². The van der Waals surface area contributed by atoms with E-state index < -0.39 is 16.3 Å². The lowest BCUT2D eigenvalue weighted by molar-refractivity contribution is 0.149. The van der Waals surface area contributed by atoms with Crippen molar-refractivity contribution in [1.82, 2.24) is 9.44 Å². The third kappa shape index (κ3) is 10.5. The smallest absolute Gasteiger partial charge is 0.421 e. The van der Waals surface area contributed by atoms with E-state index in [1.165, 1.54) is 0 Å². The van der Waals surface area contributed by atoms with Crippen LogP contribution in [0.3, 0.4) is 0 Å². The zero-order valence-electron chi connectivity index (χ0n) is 9.57. The number of carbonyl (C=O) groups is 1. The molecule has 17 heavy (non-hydrogen) atoms. The van der Waals surface area contributed by atoms with Crippen molar-refractivity contribution in [2.45, 2.75) is 13.3 Å². The Morgan fingerprint density at radius 1 is 1.35 bits per heavy atom. The highest BCUT2D eigenvalue weighted by atomic mass is 79.9. The monoisotopic (exact) mass is 332 g/mol. The van der Waals surface area contributed by atoms with Crippen molar-refractivity contribution in [3.63, 3.8) is 0 Å². The molecular formula is C8H17BrN2O5S. The Morgan fingerprint density at radius 3 is 2.65 bits per heavy atom. The van der Waals surface area contributed by atoms with Gasteiger partial charge in [0.05, 0.1) is 13.2 Å². The molecule has 0 saturated carbocycles. The molecule has 0 atom stereocenters. The number of hydrogen-bond donors (Lipinski definition) is 2. The van der Waals surface area contributed by atoms with Crippen LogP contribution in [0.4, 0.5) is 4.79 Å². The van der Waals surface area contributed by atoms with Gasteiger partial charge in [0, 0.05) is 18.5 Å². The van der Waals surface area contributed by atoms with Crippen LogP contribution in [0, 0.1) is 0 Å². The lowest BCUT2D eigenvalue weighted by Crippen LogP contribution is -2.41. The number of halogens is 1. The predicted octanol–water partition coefficient (Wildman–Crippen LogP) is 0.368. The number of alkyl halides is 1. The fourth-order valence-electron chi connectivity index (χ4n) is 0.844. The lowest BCUT2D eigenvalue weighted by atomic mass is 10.5. The molecule has 0 fully saturated rings. The van der Waals surface area contributed by atoms with Crippen molar-refractivity contribution < 1.29 is 22.7 Å². The van der Waals surface area contributed by atoms with Gasteiger partial charge in [-0.1, -0.05) is 15.9 Å². The maximum absolute atomic E-state index is 11.2. The van der Waals surface area contributed by atoms with E-state index in [2.05, 4.69) is 25.4 Å². The lowest BCUT2D eigenvalue weighted by Gasteiger charge is -2.08. The highest BCUT2D eigenvalue weighted by Crippen LogP contribution is 1.87. The summed E-state index contributed by atoms with van der Waals surface area (Å²) < 4.78 is 35.9. The molecule has 0 aromatic carbocycles. The largest absolute Gasteiger partial charge is 0.449 e. The van der Waals surface area contributed by atoms with Crippen molar-refractivity contribution in [1.29, 1.82) is 0 Å². The van der Waals surface area contributed by atoms with Crippen LogP contribution in [0.15, 0.2) is 0 Å². The second kappa shape index (κ2) is 9.63. The van der Waals surface area contributed by atoms with Crippen molar-refractivity contribution in [3.05, 3.63) is 0 Å². The molecule has 0 aromatic rings. The molecule has 0 radical (unpaired) electrons. The summed E-state index contributed by atoms with van der Waals surface area (Å²) >= 11 is 3.19. The zero-order chi connectivity index (χ0) is 13.1. The Balaban J connectivity index is 3.68. The summed E-state index contributed by atoms with van der Waals surface area (Å²) in [6.45, 7) is 2.92. The second-order valence-corrected chi connectivity index (χ2v) is 5.17. The van der Waals surface area contributed by atoms with Crippen molar-refractivity contribution in [2.24, 2.45) is 0 Å². The van der Waals surface area contributed by atoms with Gasteiger partial charge in [0.2, 0.25) is 0 Å². The zero-order valence-corrected chi connectivity index (χ0v) is 12.0. The normalized spacial score (nSPS) is 11.2. The van der Waals surface area contributed by atoms with E-state index in [4.69, 9.17) is 4.74 Å². The molecular weight excluding hydrogens is 316 g/mol. The number of carbonyl (C=O) groups excluding carboxylic acids is 1. The number of nitrogens with one attached hydrogen (secondary N) is 2. The van der Waals surface area contributed by atoms with Crippen LogP contribution < -0.4 is 9.44 Å². The molecule has 0 unspecified atom stereocenters. The highest BCUT2D eigenvalue weighted by Gasteiger charge is 2.13. The Hall–Kier alpha value is -0.380. The van der Waals surface area contributed by atoms with Gasteiger partial charge in [-0.3, -0.25) is 0 Å². The van der Waals surface area contributed by atoms with Crippen LogP contribution in [0.25, 0.3) is 0 Å². The summed E-state index contributed by atoms with van der Waals surface area (Å²) in [4.78, 5) is 10.9. The van der Waals surface area contributed by atoms with Crippen molar-refractivity contribution in [2.75, 3.05) is 31.7 Å². The van der Waals surface area contributed by atoms with Gasteiger partial charge in [-0.2, -0.15) is 13.1 Å². The SMILES string of the molecule is CCOC(=O)NS(=O)(=O)NCCCOCCBr. The molecule has 0 saturated heterocycles. The molecule has 9 heteroatoms. The first-order valence-electron chi connectivity index (χ1n) is 5.09. The third-order valence-corrected chi connectivity index (χ3v) is 2.82. The fourth-order valence-corrected chi connectivity index (χ4v) is 1.84. The van der Waals surface area contributed by atoms with Crippen LogP contribution in [-0.4, -0.2) is 46.2 Å². The minimum atomic E-state index is -3.84. The Labute approximate surface area is 110 Å². The summed E-state index contributed by atoms with van der Waals surface area (Å²) in [6.07, 6.45) is -0.466. The molecule has 0 aliphatic heterocycles. The summed E-state index contributed by atoms with van der Waals surface area (Å²) in [5.41, 5.74) is 0. The Kier molecular flexibility index (Phi) is 9.41. The molecule has 0 heterocycles. The first-order valence-corrected chi connectivity index (χ1v) is 7.70. The standard InChI is InChI=1S/C8H17BrN2O5S/c1-2-16-8(12)11-17(13,14)10-5-3-6-15-7-4-9/h10H,2-7H2,1H3,(H,11,12). The summed E-state index contributed by atoms with van der Waals surface area (Å²) in [7, 11) is -3.84. The maximum atomic E-state index is 11.2. The van der Waals surface area contributed by atoms with E-state index in [-0.39, 0.29) is 13.2 Å². The average Bonchev–Trinajstić information content (AvgIpc) is 2.22. The predicted molar refractivity (Wildman–Crippen MR) is 66.3 cm³/mol. The minimum Gasteiger partial charge on any atom is -0.449 e. The highest BCUT2D eigenvalue weighted by molar-refractivity contribution is 9.09. The Morgan fingerprint density at radius 2 is 2.06 bits per heavy atom. The van der Waals surface area contributed by atoms with Gasteiger partial charge in [-0.15, -0.1) is 0 Å². The fraction of sp³-hybridized carbons (Fsp3) is 0.875. The number of rotatable bonds is 9. The summed E-state index contributed by atoms with van der Waals surface area (Å²) in [6, 6.07) is 0. The van der Waals surface area contributed by atoms with Crippen LogP contribution in [0.2, 0.25) is 0 Å². The van der Waals surface area contributed by atoms with Gasteiger partial charge >= 0.3 is 16.3 Å². The molecule has 7 nitrogen and oxygen atoms in total. The van der Waals surface area contributed by atoms with E-state index in [0.717, 1.165) is 5.33 Å². The quantitative estimate of drug-likeness (QED) is 0.470. The van der Waals surface area contributed by atoms with Gasteiger partial charge in [-0.05, 0) is 13.3 Å². The van der Waals surface area contributed by atoms with E-state index >= 15 is 0 Å². The first-order chi connectivity index (χ1) is 8.02. The van der Waals surface area contributed by atoms with E-state index in [1.54, 1.807) is 11.6 Å². The molecule has 0 rings (SSSR count). The van der Waals surface area contributed by atoms with Crippen molar-refractivity contribution in [3.8, 4) is 0 Å². The molecule has 0 aromatic heterocycles. The Bertz CT molecular complexity index is 309. The van der Waals surface area contributed by atoms with E-state index in [1.807, 2.05) is 0 Å². The summed E-state index contributed by atoms with van der Waals surface area (Å²) in [5, 5.41) is 0.739. The molecule has 1 amide bonds. The molecule has 0 aliphatic carbocycles. The van der Waals surface area contributed by atoms with Gasteiger partial charge in [0.15, 0.2) is 0 Å². The first kappa shape index (κ1) is 16.6. The van der Waals surface area contributed by atoms with Gasteiger partial charge in [0.25, 0.3) is 0 Å². The van der Waals surface area contributed by atoms with E-state index in [9.17, 15) is 13.2 Å². The van der Waals surface area contributed by atoms with Crippen molar-refractivity contribution >= 4 is 32.2 Å². The third-order valence-electron chi connectivity index (χ3n) is 1.47. The van der Waals surface area contributed by atoms with Gasteiger partial charge in [-0.25, -0.2) is 9.52 Å². The number of hydrogen-bond acceptors (Lipinski definition) is 5. The molecule has 102 valence electrons. The van der Waals surface area contributed by atoms with Gasteiger partial charge < -0.3 is 9.47 Å². The van der Waals surface area contributed by atoms with E-state index in [0.29, 0.717) is 19.6 Å². The minimum absolute atomic E-state index is 0.113. The topological polar surface area (TPSA) is 93.7 Å². The molecule has 0 bridgehead atoms. The summed E-state index contributed by atoms with van der Waals surface area (Å²) in [5.74, 6) is 0. The van der Waals surface area contributed by atoms with Crippen LogP contribution in [0.1, 0.15) is 13.3 Å². The van der Waals surface area contributed by atoms with Crippen LogP contribution in [0.5, 0.6) is 0 Å².